The highest BCUT2D eigenvalue weighted by molar-refractivity contribution is 5.61. The molecule has 0 radical (unpaired) electrons. The van der Waals surface area contributed by atoms with E-state index in [1.807, 2.05) is 0 Å². The molecule has 1 heterocycles. The quantitative estimate of drug-likeness (QED) is 0.669. The predicted molar refractivity (Wildman–Crippen MR) is 76.8 cm³/mol. The molecule has 0 unspecified atom stereocenters. The van der Waals surface area contributed by atoms with E-state index in [2.05, 4.69) is 5.32 Å². The van der Waals surface area contributed by atoms with Crippen LogP contribution in [0.15, 0.2) is 24.3 Å². The molecular formula is C14H18F3N3O2. The molecule has 0 amide bonds. The van der Waals surface area contributed by atoms with E-state index in [9.17, 15) is 23.3 Å². The van der Waals surface area contributed by atoms with E-state index in [4.69, 9.17) is 0 Å². The first kappa shape index (κ1) is 16.5. The van der Waals surface area contributed by atoms with E-state index in [0.29, 0.717) is 38.2 Å². The van der Waals surface area contributed by atoms with E-state index in [0.717, 1.165) is 0 Å². The summed E-state index contributed by atoms with van der Waals surface area (Å²) in [6.45, 7) is 0.480. The first-order valence-corrected chi connectivity index (χ1v) is 7.11. The second kappa shape index (κ2) is 6.95. The van der Waals surface area contributed by atoms with Crippen molar-refractivity contribution in [1.29, 1.82) is 0 Å². The monoisotopic (exact) mass is 317 g/mol. The van der Waals surface area contributed by atoms with Crippen LogP contribution in [0.1, 0.15) is 12.8 Å². The summed E-state index contributed by atoms with van der Waals surface area (Å²) in [4.78, 5) is 11.9. The van der Waals surface area contributed by atoms with Gasteiger partial charge < -0.3 is 5.32 Å². The van der Waals surface area contributed by atoms with Gasteiger partial charge in [-0.3, -0.25) is 15.0 Å². The fraction of sp³-hybridized carbons (Fsp3) is 0.571. The SMILES string of the molecule is O=[N+]([O-])c1ccccc1NCC1CCN(CC(F)(F)F)CC1. The van der Waals surface area contributed by atoms with Crippen LogP contribution in [0.2, 0.25) is 0 Å². The van der Waals surface area contributed by atoms with Crippen molar-refractivity contribution in [3.63, 3.8) is 0 Å². The van der Waals surface area contributed by atoms with Gasteiger partial charge in [-0.25, -0.2) is 0 Å². The zero-order chi connectivity index (χ0) is 16.2. The molecule has 1 saturated heterocycles. The second-order valence-corrected chi connectivity index (χ2v) is 5.49. The molecule has 1 aliphatic rings. The summed E-state index contributed by atoms with van der Waals surface area (Å²) in [5.41, 5.74) is 0.460. The first-order valence-electron chi connectivity index (χ1n) is 7.11. The number of rotatable bonds is 5. The number of hydrogen-bond donors (Lipinski definition) is 1. The number of nitrogens with zero attached hydrogens (tertiary/aromatic N) is 2. The average Bonchev–Trinajstić information content (AvgIpc) is 2.45. The van der Waals surface area contributed by atoms with Crippen LogP contribution in [-0.4, -0.2) is 42.2 Å². The molecule has 1 N–H and O–H groups in total. The summed E-state index contributed by atoms with van der Waals surface area (Å²) in [5.74, 6) is 0.226. The Kier molecular flexibility index (Phi) is 5.23. The topological polar surface area (TPSA) is 58.4 Å². The molecule has 122 valence electrons. The van der Waals surface area contributed by atoms with Gasteiger partial charge in [0, 0.05) is 12.6 Å². The van der Waals surface area contributed by atoms with Crippen LogP contribution >= 0.6 is 0 Å². The molecule has 8 heteroatoms. The Morgan fingerprint density at radius 3 is 2.50 bits per heavy atom. The van der Waals surface area contributed by atoms with Crippen molar-refractivity contribution < 1.29 is 18.1 Å². The van der Waals surface area contributed by atoms with Crippen LogP contribution in [0.5, 0.6) is 0 Å². The maximum atomic E-state index is 12.3. The highest BCUT2D eigenvalue weighted by atomic mass is 19.4. The number of likely N-dealkylation sites (tertiary alicyclic amines) is 1. The molecule has 0 saturated carbocycles. The molecule has 22 heavy (non-hydrogen) atoms. The van der Waals surface area contributed by atoms with Crippen molar-refractivity contribution in [2.75, 3.05) is 31.5 Å². The van der Waals surface area contributed by atoms with Gasteiger partial charge in [0.1, 0.15) is 5.69 Å². The van der Waals surface area contributed by atoms with Crippen molar-refractivity contribution in [1.82, 2.24) is 4.90 Å². The largest absolute Gasteiger partial charge is 0.401 e. The van der Waals surface area contributed by atoms with Gasteiger partial charge >= 0.3 is 6.18 Å². The zero-order valence-electron chi connectivity index (χ0n) is 12.0. The highest BCUT2D eigenvalue weighted by Gasteiger charge is 2.32. The highest BCUT2D eigenvalue weighted by Crippen LogP contribution is 2.26. The van der Waals surface area contributed by atoms with Crippen LogP contribution in [-0.2, 0) is 0 Å². The lowest BCUT2D eigenvalue weighted by molar-refractivity contribution is -0.384. The number of nitro benzene ring substituents is 1. The summed E-state index contributed by atoms with van der Waals surface area (Å²) in [6.07, 6.45) is -2.84. The van der Waals surface area contributed by atoms with E-state index in [-0.39, 0.29) is 11.6 Å². The lowest BCUT2D eigenvalue weighted by atomic mass is 9.96. The summed E-state index contributed by atoms with van der Waals surface area (Å²) < 4.78 is 36.9. The Labute approximate surface area is 126 Å². The van der Waals surface area contributed by atoms with Gasteiger partial charge in [-0.05, 0) is 37.9 Å². The number of anilines is 1. The van der Waals surface area contributed by atoms with Gasteiger partial charge in [0.25, 0.3) is 5.69 Å². The summed E-state index contributed by atoms with van der Waals surface area (Å²) >= 11 is 0. The second-order valence-electron chi connectivity index (χ2n) is 5.49. The number of nitrogens with one attached hydrogen (secondary N) is 1. The van der Waals surface area contributed by atoms with E-state index in [1.165, 1.54) is 11.0 Å². The lowest BCUT2D eigenvalue weighted by Gasteiger charge is -2.32. The molecule has 0 spiro atoms. The van der Waals surface area contributed by atoms with E-state index in [1.54, 1.807) is 18.2 Å². The van der Waals surface area contributed by atoms with E-state index >= 15 is 0 Å². The molecule has 1 fully saturated rings. The maximum absolute atomic E-state index is 12.3. The number of nitro groups is 1. The molecule has 2 rings (SSSR count). The number of piperidine rings is 1. The lowest BCUT2D eigenvalue weighted by Crippen LogP contribution is -2.41. The van der Waals surface area contributed by atoms with Crippen LogP contribution in [0, 0.1) is 16.0 Å². The van der Waals surface area contributed by atoms with Gasteiger partial charge in [-0.2, -0.15) is 13.2 Å². The third-order valence-corrected chi connectivity index (χ3v) is 3.79. The van der Waals surface area contributed by atoms with Gasteiger partial charge in [0.2, 0.25) is 0 Å². The van der Waals surface area contributed by atoms with Crippen molar-refractivity contribution >= 4 is 11.4 Å². The van der Waals surface area contributed by atoms with Crippen molar-refractivity contribution in [2.24, 2.45) is 5.92 Å². The summed E-state index contributed by atoms with van der Waals surface area (Å²) in [7, 11) is 0. The number of hydrogen-bond acceptors (Lipinski definition) is 4. The standard InChI is InChI=1S/C14H18F3N3O2/c15-14(16,17)10-19-7-5-11(6-8-19)9-18-12-3-1-2-4-13(12)20(21)22/h1-4,11,18H,5-10H2. The Bertz CT molecular complexity index is 514. The molecule has 0 aliphatic carbocycles. The van der Waals surface area contributed by atoms with Crippen molar-refractivity contribution in [3.05, 3.63) is 34.4 Å². The minimum absolute atomic E-state index is 0.0111. The number of benzene rings is 1. The predicted octanol–water partition coefficient (Wildman–Crippen LogP) is 3.28. The van der Waals surface area contributed by atoms with Gasteiger partial charge in [0.15, 0.2) is 0 Å². The smallest absolute Gasteiger partial charge is 0.379 e. The van der Waals surface area contributed by atoms with Gasteiger partial charge in [-0.1, -0.05) is 12.1 Å². The van der Waals surface area contributed by atoms with Crippen LogP contribution in [0.4, 0.5) is 24.5 Å². The van der Waals surface area contributed by atoms with Crippen LogP contribution in [0.3, 0.4) is 0 Å². The molecular weight excluding hydrogens is 299 g/mol. The molecule has 1 aromatic rings. The molecule has 1 aromatic carbocycles. The number of halogens is 3. The van der Waals surface area contributed by atoms with E-state index < -0.39 is 17.6 Å². The van der Waals surface area contributed by atoms with Crippen LogP contribution < -0.4 is 5.32 Å². The molecule has 1 aliphatic heterocycles. The number of alkyl halides is 3. The minimum Gasteiger partial charge on any atom is -0.379 e. The normalized spacial score (nSPS) is 17.4. The van der Waals surface area contributed by atoms with Crippen LogP contribution in [0.25, 0.3) is 0 Å². The summed E-state index contributed by atoms with van der Waals surface area (Å²) in [5, 5.41) is 13.9. The average molecular weight is 317 g/mol. The maximum Gasteiger partial charge on any atom is 0.401 e. The van der Waals surface area contributed by atoms with Crippen molar-refractivity contribution in [2.45, 2.75) is 19.0 Å². The zero-order valence-corrected chi connectivity index (χ0v) is 12.0. The molecule has 5 nitrogen and oxygen atoms in total. The Morgan fingerprint density at radius 1 is 1.27 bits per heavy atom. The third kappa shape index (κ3) is 4.87. The van der Waals surface area contributed by atoms with Gasteiger partial charge in [-0.15, -0.1) is 0 Å². The molecule has 0 aromatic heterocycles. The minimum atomic E-state index is -4.16. The Morgan fingerprint density at radius 2 is 1.91 bits per heavy atom. The fourth-order valence-corrected chi connectivity index (χ4v) is 2.64. The van der Waals surface area contributed by atoms with Gasteiger partial charge in [0.05, 0.1) is 11.5 Å². The molecule has 0 atom stereocenters. The molecule has 0 bridgehead atoms. The number of para-hydroxylation sites is 2. The third-order valence-electron chi connectivity index (χ3n) is 3.79. The Balaban J connectivity index is 1.81. The van der Waals surface area contributed by atoms with Crippen molar-refractivity contribution in [3.8, 4) is 0 Å². The Hall–Kier alpha value is -1.83. The summed E-state index contributed by atoms with van der Waals surface area (Å²) in [6, 6.07) is 6.37. The fourth-order valence-electron chi connectivity index (χ4n) is 2.64. The first-order chi connectivity index (χ1) is 10.3.